The van der Waals surface area contributed by atoms with Crippen molar-refractivity contribution in [1.29, 1.82) is 0 Å². The first-order valence-corrected chi connectivity index (χ1v) is 8.76. The number of amides is 1. The van der Waals surface area contributed by atoms with Gasteiger partial charge in [-0.1, -0.05) is 13.8 Å². The third-order valence-electron chi connectivity index (χ3n) is 4.80. The third-order valence-corrected chi connectivity index (χ3v) is 4.80. The van der Waals surface area contributed by atoms with Crippen LogP contribution in [0, 0.1) is 5.92 Å². The average Bonchev–Trinajstić information content (AvgIpc) is 2.50. The molecule has 0 spiro atoms. The van der Waals surface area contributed by atoms with Crippen molar-refractivity contribution < 1.29 is 4.79 Å². The molecule has 0 aromatic carbocycles. The second kappa shape index (κ2) is 9.42. The Balaban J connectivity index is 2.58. The maximum atomic E-state index is 12.5. The minimum atomic E-state index is -0.0412. The summed E-state index contributed by atoms with van der Waals surface area (Å²) in [7, 11) is 0. The lowest BCUT2D eigenvalue weighted by molar-refractivity contribution is -0.127. The largest absolute Gasteiger partial charge is 0.352 e. The highest BCUT2D eigenvalue weighted by atomic mass is 16.2. The van der Waals surface area contributed by atoms with E-state index < -0.39 is 0 Å². The number of carbonyl (C=O) groups is 1. The molecule has 1 aliphatic rings. The van der Waals surface area contributed by atoms with Gasteiger partial charge in [0.25, 0.3) is 0 Å². The van der Waals surface area contributed by atoms with Crippen molar-refractivity contribution in [3.8, 4) is 0 Å². The van der Waals surface area contributed by atoms with Gasteiger partial charge in [-0.25, -0.2) is 0 Å². The Hall–Kier alpha value is -0.610. The van der Waals surface area contributed by atoms with Gasteiger partial charge in [0.2, 0.25) is 5.91 Å². The molecule has 4 heteroatoms. The summed E-state index contributed by atoms with van der Waals surface area (Å²) in [5.41, 5.74) is 0. The van der Waals surface area contributed by atoms with E-state index in [9.17, 15) is 4.79 Å². The number of rotatable bonds is 8. The van der Waals surface area contributed by atoms with Crippen molar-refractivity contribution in [2.24, 2.45) is 5.92 Å². The van der Waals surface area contributed by atoms with Crippen LogP contribution in [0.1, 0.15) is 60.3 Å². The number of nitrogens with one attached hydrogen (secondary N) is 2. The summed E-state index contributed by atoms with van der Waals surface area (Å²) in [6, 6.07) is 0.677. The summed E-state index contributed by atoms with van der Waals surface area (Å²) in [6.07, 6.45) is 4.46. The summed E-state index contributed by atoms with van der Waals surface area (Å²) in [5.74, 6) is 0.906. The smallest absolute Gasteiger partial charge is 0.237 e. The molecule has 1 aliphatic heterocycles. The zero-order chi connectivity index (χ0) is 15.8. The van der Waals surface area contributed by atoms with E-state index in [-0.39, 0.29) is 11.9 Å². The van der Waals surface area contributed by atoms with Gasteiger partial charge in [-0.2, -0.15) is 0 Å². The molecule has 0 aromatic heterocycles. The summed E-state index contributed by atoms with van der Waals surface area (Å²) in [6.45, 7) is 14.0. The Morgan fingerprint density at radius 2 is 1.76 bits per heavy atom. The van der Waals surface area contributed by atoms with Gasteiger partial charge in [0, 0.05) is 18.6 Å². The van der Waals surface area contributed by atoms with Crippen LogP contribution in [0.25, 0.3) is 0 Å². The summed E-state index contributed by atoms with van der Waals surface area (Å²) in [5, 5.41) is 6.61. The van der Waals surface area contributed by atoms with Crippen molar-refractivity contribution >= 4 is 5.91 Å². The second-order valence-corrected chi connectivity index (χ2v) is 6.68. The van der Waals surface area contributed by atoms with Crippen LogP contribution in [-0.4, -0.2) is 48.6 Å². The fraction of sp³-hybridized carbons (Fsp3) is 0.941. The first-order chi connectivity index (χ1) is 9.99. The van der Waals surface area contributed by atoms with Crippen molar-refractivity contribution in [1.82, 2.24) is 15.5 Å². The Morgan fingerprint density at radius 3 is 2.24 bits per heavy atom. The summed E-state index contributed by atoms with van der Waals surface area (Å²) in [4.78, 5) is 14.9. The summed E-state index contributed by atoms with van der Waals surface area (Å²) < 4.78 is 0. The van der Waals surface area contributed by atoms with Gasteiger partial charge in [-0.3, -0.25) is 9.69 Å². The molecule has 0 radical (unpaired) electrons. The fourth-order valence-corrected chi connectivity index (χ4v) is 3.14. The van der Waals surface area contributed by atoms with Gasteiger partial charge in [-0.15, -0.1) is 0 Å². The van der Waals surface area contributed by atoms with Gasteiger partial charge in [0.15, 0.2) is 0 Å². The van der Waals surface area contributed by atoms with Gasteiger partial charge in [0.1, 0.15) is 0 Å². The molecule has 124 valence electrons. The number of hydrogen-bond acceptors (Lipinski definition) is 3. The molecule has 1 saturated heterocycles. The van der Waals surface area contributed by atoms with Crippen molar-refractivity contribution in [2.75, 3.05) is 19.6 Å². The molecule has 2 N–H and O–H groups in total. The minimum Gasteiger partial charge on any atom is -0.352 e. The second-order valence-electron chi connectivity index (χ2n) is 6.68. The first kappa shape index (κ1) is 18.4. The molecule has 1 heterocycles. The Morgan fingerprint density at radius 1 is 1.19 bits per heavy atom. The standard InChI is InChI=1S/C17H35N3O/c1-6-16(7-2)19-17(21)14(5)20(13(3)4)12-15-8-10-18-11-9-15/h13-16,18H,6-12H2,1-5H3,(H,19,21). The number of hydrogen-bond donors (Lipinski definition) is 2. The molecule has 1 fully saturated rings. The van der Waals surface area contributed by atoms with Crippen LogP contribution < -0.4 is 10.6 Å². The van der Waals surface area contributed by atoms with Crippen LogP contribution in [0.15, 0.2) is 0 Å². The quantitative estimate of drug-likeness (QED) is 0.723. The van der Waals surface area contributed by atoms with Gasteiger partial charge in [-0.05, 0) is 65.5 Å². The lowest BCUT2D eigenvalue weighted by atomic mass is 9.96. The zero-order valence-corrected chi connectivity index (χ0v) is 14.6. The Kier molecular flexibility index (Phi) is 8.27. The summed E-state index contributed by atoms with van der Waals surface area (Å²) >= 11 is 0. The highest BCUT2D eigenvalue weighted by Gasteiger charge is 2.27. The molecule has 1 amide bonds. The number of carbonyl (C=O) groups excluding carboxylic acids is 1. The van der Waals surface area contributed by atoms with Crippen molar-refractivity contribution in [2.45, 2.75) is 78.4 Å². The van der Waals surface area contributed by atoms with Gasteiger partial charge >= 0.3 is 0 Å². The molecule has 21 heavy (non-hydrogen) atoms. The van der Waals surface area contributed by atoms with Crippen LogP contribution in [0.3, 0.4) is 0 Å². The lowest BCUT2D eigenvalue weighted by Crippen LogP contribution is -2.52. The maximum Gasteiger partial charge on any atom is 0.237 e. The van der Waals surface area contributed by atoms with E-state index in [1.54, 1.807) is 0 Å². The Bertz CT molecular complexity index is 296. The number of piperidine rings is 1. The molecule has 1 rings (SSSR count). The highest BCUT2D eigenvalue weighted by Crippen LogP contribution is 2.17. The lowest BCUT2D eigenvalue weighted by Gasteiger charge is -2.36. The Labute approximate surface area is 131 Å². The number of nitrogens with zero attached hydrogens (tertiary/aromatic N) is 1. The third kappa shape index (κ3) is 5.95. The van der Waals surface area contributed by atoms with Crippen LogP contribution in [0.4, 0.5) is 0 Å². The molecule has 0 saturated carbocycles. The monoisotopic (exact) mass is 297 g/mol. The maximum absolute atomic E-state index is 12.5. The predicted octanol–water partition coefficient (Wildman–Crippen LogP) is 2.39. The molecular weight excluding hydrogens is 262 g/mol. The van der Waals surface area contributed by atoms with Crippen molar-refractivity contribution in [3.63, 3.8) is 0 Å². The van der Waals surface area contributed by atoms with E-state index in [4.69, 9.17) is 0 Å². The van der Waals surface area contributed by atoms with Crippen LogP contribution in [-0.2, 0) is 4.79 Å². The first-order valence-electron chi connectivity index (χ1n) is 8.76. The molecule has 1 unspecified atom stereocenters. The normalized spacial score (nSPS) is 18.5. The zero-order valence-electron chi connectivity index (χ0n) is 14.6. The molecule has 0 bridgehead atoms. The van der Waals surface area contributed by atoms with Crippen LogP contribution in [0.5, 0.6) is 0 Å². The van der Waals surface area contributed by atoms with Gasteiger partial charge in [0.05, 0.1) is 6.04 Å². The highest BCUT2D eigenvalue weighted by molar-refractivity contribution is 5.81. The van der Waals surface area contributed by atoms with E-state index in [1.165, 1.54) is 12.8 Å². The molecule has 0 aromatic rings. The fourth-order valence-electron chi connectivity index (χ4n) is 3.14. The molecule has 0 aliphatic carbocycles. The van der Waals surface area contributed by atoms with Gasteiger partial charge < -0.3 is 10.6 Å². The molecular formula is C17H35N3O. The van der Waals surface area contributed by atoms with E-state index in [0.717, 1.165) is 38.4 Å². The van der Waals surface area contributed by atoms with E-state index in [1.807, 2.05) is 0 Å². The van der Waals surface area contributed by atoms with E-state index in [2.05, 4.69) is 50.2 Å². The van der Waals surface area contributed by atoms with Crippen LogP contribution >= 0.6 is 0 Å². The molecule has 1 atom stereocenters. The minimum absolute atomic E-state index is 0.0412. The predicted molar refractivity (Wildman–Crippen MR) is 89.4 cm³/mol. The topological polar surface area (TPSA) is 44.4 Å². The van der Waals surface area contributed by atoms with E-state index >= 15 is 0 Å². The van der Waals surface area contributed by atoms with E-state index in [0.29, 0.717) is 12.1 Å². The van der Waals surface area contributed by atoms with Crippen LogP contribution in [0.2, 0.25) is 0 Å². The average molecular weight is 297 g/mol. The SMILES string of the molecule is CCC(CC)NC(=O)C(C)N(CC1CCNCC1)C(C)C. The molecule has 4 nitrogen and oxygen atoms in total. The van der Waals surface area contributed by atoms with Crippen molar-refractivity contribution in [3.05, 3.63) is 0 Å².